The van der Waals surface area contributed by atoms with Crippen molar-refractivity contribution in [1.82, 2.24) is 9.97 Å². The molecule has 2 aliphatic carbocycles. The van der Waals surface area contributed by atoms with Crippen molar-refractivity contribution < 1.29 is 13.9 Å². The van der Waals surface area contributed by atoms with E-state index in [1.54, 1.807) is 18.2 Å². The van der Waals surface area contributed by atoms with E-state index in [1.165, 1.54) is 6.07 Å². The number of allylic oxidation sites excluding steroid dienone is 2. The van der Waals surface area contributed by atoms with Crippen molar-refractivity contribution in [2.24, 2.45) is 11.8 Å². The number of halogens is 1. The van der Waals surface area contributed by atoms with Gasteiger partial charge in [-0.1, -0.05) is 32.1 Å². The number of fused-ring (bicyclic) bond motifs is 3. The minimum Gasteiger partial charge on any atom is -0.378 e. The molecule has 3 aliphatic rings. The summed E-state index contributed by atoms with van der Waals surface area (Å²) >= 11 is 0. The molecule has 1 aromatic carbocycles. The number of hydrogen-bond acceptors (Lipinski definition) is 5. The van der Waals surface area contributed by atoms with Gasteiger partial charge >= 0.3 is 0 Å². The van der Waals surface area contributed by atoms with Crippen LogP contribution in [0.5, 0.6) is 0 Å². The van der Waals surface area contributed by atoms with E-state index < -0.39 is 5.41 Å². The normalized spacial score (nSPS) is 27.2. The van der Waals surface area contributed by atoms with Gasteiger partial charge in [0.25, 0.3) is 0 Å². The molecule has 0 spiro atoms. The van der Waals surface area contributed by atoms with E-state index in [9.17, 15) is 9.18 Å². The van der Waals surface area contributed by atoms with Gasteiger partial charge < -0.3 is 14.4 Å². The van der Waals surface area contributed by atoms with E-state index in [0.29, 0.717) is 49.9 Å². The highest BCUT2D eigenvalue weighted by molar-refractivity contribution is 6.00. The number of anilines is 1. The van der Waals surface area contributed by atoms with Gasteiger partial charge in [-0.15, -0.1) is 0 Å². The Balaban J connectivity index is 1.77. The summed E-state index contributed by atoms with van der Waals surface area (Å²) in [6.07, 6.45) is 3.23. The summed E-state index contributed by atoms with van der Waals surface area (Å²) < 4.78 is 20.4. The van der Waals surface area contributed by atoms with Crippen LogP contribution in [0.1, 0.15) is 31.5 Å². The number of Topliss-reactive ketones (excluding diaryl/α,β-unsaturated/α-hetero) is 1. The number of nitrogens with zero attached hydrogens (tertiary/aromatic N) is 4. The van der Waals surface area contributed by atoms with Gasteiger partial charge in [-0.25, -0.2) is 19.2 Å². The quantitative estimate of drug-likeness (QED) is 0.673. The maximum atomic E-state index is 14.9. The number of carbonyl (C=O) groups excluding carboxylic acids is 1. The van der Waals surface area contributed by atoms with Gasteiger partial charge in [-0.3, -0.25) is 0 Å². The lowest BCUT2D eigenvalue weighted by atomic mass is 9.58. The molecular formula is C25H25FN4O2. The van der Waals surface area contributed by atoms with Gasteiger partial charge in [-0.05, 0) is 30.9 Å². The van der Waals surface area contributed by atoms with Crippen molar-refractivity contribution in [2.45, 2.75) is 32.1 Å². The highest BCUT2D eigenvalue weighted by Crippen LogP contribution is 2.51. The standard InChI is InChI=1S/C25H25FN4O2/c1-15-18-9-8-17-21(16-6-4-5-7-19(16)26)28-24(30-10-12-32-13-11-30)29-23(17)25(18,2)14-20(27-3)22(15)31/h4-7,14-15,18H,8-13H2,1-2H3/t15-,18-,25-/m1/s1. The molecule has 3 atom stereocenters. The van der Waals surface area contributed by atoms with Gasteiger partial charge in [0, 0.05) is 35.5 Å². The van der Waals surface area contributed by atoms with Crippen LogP contribution in [-0.2, 0) is 21.4 Å². The van der Waals surface area contributed by atoms with Crippen LogP contribution in [0, 0.1) is 24.2 Å². The molecule has 6 nitrogen and oxygen atoms in total. The third kappa shape index (κ3) is 3.13. The predicted octanol–water partition coefficient (Wildman–Crippen LogP) is 3.96. The zero-order valence-electron chi connectivity index (χ0n) is 18.3. The van der Waals surface area contributed by atoms with Crippen LogP contribution in [0.3, 0.4) is 0 Å². The number of benzene rings is 1. The van der Waals surface area contributed by atoms with Crippen molar-refractivity contribution in [2.75, 3.05) is 31.2 Å². The lowest BCUT2D eigenvalue weighted by Crippen LogP contribution is -2.46. The fourth-order valence-electron chi connectivity index (χ4n) is 5.51. The second-order valence-electron chi connectivity index (χ2n) is 9.00. The van der Waals surface area contributed by atoms with Gasteiger partial charge in [0.2, 0.25) is 11.6 Å². The van der Waals surface area contributed by atoms with Gasteiger partial charge in [0.05, 0.1) is 31.2 Å². The first-order valence-electron chi connectivity index (χ1n) is 11.1. The summed E-state index contributed by atoms with van der Waals surface area (Å²) in [5.74, 6) is -0.0924. The highest BCUT2D eigenvalue weighted by atomic mass is 19.1. The number of ketones is 1. The van der Waals surface area contributed by atoms with Crippen molar-refractivity contribution in [1.29, 1.82) is 0 Å². The average molecular weight is 432 g/mol. The van der Waals surface area contributed by atoms with Crippen molar-refractivity contribution >= 4 is 11.7 Å². The van der Waals surface area contributed by atoms with Crippen molar-refractivity contribution in [3.05, 3.63) is 64.5 Å². The molecule has 32 heavy (non-hydrogen) atoms. The summed E-state index contributed by atoms with van der Waals surface area (Å²) in [6, 6.07) is 6.69. The largest absolute Gasteiger partial charge is 0.378 e. The molecule has 0 radical (unpaired) electrons. The highest BCUT2D eigenvalue weighted by Gasteiger charge is 2.49. The molecule has 1 aliphatic heterocycles. The van der Waals surface area contributed by atoms with Crippen LogP contribution in [-0.4, -0.2) is 42.1 Å². The minimum atomic E-state index is -0.592. The Kier molecular flexibility index (Phi) is 5.06. The molecule has 0 bridgehead atoms. The summed E-state index contributed by atoms with van der Waals surface area (Å²) in [4.78, 5) is 28.2. The Morgan fingerprint density at radius 1 is 1.25 bits per heavy atom. The van der Waals surface area contributed by atoms with Crippen molar-refractivity contribution in [3.8, 4) is 11.3 Å². The predicted molar refractivity (Wildman–Crippen MR) is 118 cm³/mol. The van der Waals surface area contributed by atoms with Crippen LogP contribution in [0.15, 0.2) is 36.0 Å². The molecule has 2 heterocycles. The van der Waals surface area contributed by atoms with Crippen LogP contribution >= 0.6 is 0 Å². The smallest absolute Gasteiger partial charge is 0.226 e. The Morgan fingerprint density at radius 3 is 2.72 bits per heavy atom. The Bertz CT molecular complexity index is 1170. The number of carbonyl (C=O) groups is 1. The maximum absolute atomic E-state index is 14.9. The summed E-state index contributed by atoms with van der Waals surface area (Å²) in [5.41, 5.74) is 2.36. The molecule has 5 rings (SSSR count). The lowest BCUT2D eigenvalue weighted by molar-refractivity contribution is -0.121. The van der Waals surface area contributed by atoms with E-state index in [2.05, 4.69) is 16.7 Å². The molecule has 2 aromatic rings. The van der Waals surface area contributed by atoms with Gasteiger partial charge in [-0.2, -0.15) is 0 Å². The van der Waals surface area contributed by atoms with Crippen LogP contribution in [0.2, 0.25) is 0 Å². The topological polar surface area (TPSA) is 59.7 Å². The second kappa shape index (κ2) is 7.79. The van der Waals surface area contributed by atoms with E-state index in [-0.39, 0.29) is 29.1 Å². The molecule has 0 amide bonds. The molecule has 0 N–H and O–H groups in total. The van der Waals surface area contributed by atoms with E-state index in [1.807, 2.05) is 13.0 Å². The Labute approximate surface area is 186 Å². The van der Waals surface area contributed by atoms with Gasteiger partial charge in [0.1, 0.15) is 5.82 Å². The molecule has 1 aromatic heterocycles. The molecule has 164 valence electrons. The first-order chi connectivity index (χ1) is 15.4. The van der Waals surface area contributed by atoms with Gasteiger partial charge in [0.15, 0.2) is 5.78 Å². The third-order valence-corrected chi connectivity index (χ3v) is 7.23. The second-order valence-corrected chi connectivity index (χ2v) is 9.00. The molecule has 1 saturated heterocycles. The number of rotatable bonds is 2. The van der Waals surface area contributed by atoms with Crippen LogP contribution < -0.4 is 4.90 Å². The fourth-order valence-corrected chi connectivity index (χ4v) is 5.51. The van der Waals surface area contributed by atoms with E-state index >= 15 is 0 Å². The van der Waals surface area contributed by atoms with E-state index in [4.69, 9.17) is 21.3 Å². The summed E-state index contributed by atoms with van der Waals surface area (Å²) in [7, 11) is 0. The maximum Gasteiger partial charge on any atom is 0.226 e. The molecular weight excluding hydrogens is 407 g/mol. The minimum absolute atomic E-state index is 0.0360. The number of aromatic nitrogens is 2. The van der Waals surface area contributed by atoms with Crippen LogP contribution in [0.4, 0.5) is 10.3 Å². The summed E-state index contributed by atoms with van der Waals surface area (Å²) in [6.45, 7) is 14.0. The molecule has 0 saturated carbocycles. The number of ether oxygens (including phenoxy) is 1. The number of hydrogen-bond donors (Lipinski definition) is 0. The fraction of sp³-hybridized carbons (Fsp3) is 0.440. The lowest BCUT2D eigenvalue weighted by Gasteiger charge is -2.46. The van der Waals surface area contributed by atoms with Crippen molar-refractivity contribution in [3.63, 3.8) is 0 Å². The average Bonchev–Trinajstić information content (AvgIpc) is 2.82. The molecule has 7 heteroatoms. The zero-order chi connectivity index (χ0) is 22.5. The van der Waals surface area contributed by atoms with E-state index in [0.717, 1.165) is 17.7 Å². The summed E-state index contributed by atoms with van der Waals surface area (Å²) in [5, 5.41) is 0. The molecule has 1 fully saturated rings. The first kappa shape index (κ1) is 20.8. The Hall–Kier alpha value is -3.11. The van der Waals surface area contributed by atoms with Crippen LogP contribution in [0.25, 0.3) is 16.1 Å². The third-order valence-electron chi connectivity index (χ3n) is 7.23. The molecule has 0 unspecified atom stereocenters. The first-order valence-corrected chi connectivity index (χ1v) is 11.1. The number of morpholine rings is 1. The monoisotopic (exact) mass is 432 g/mol. The zero-order valence-corrected chi connectivity index (χ0v) is 18.3. The SMILES string of the molecule is [C-]#[N+]C1=C[C@@]2(C)c3nc(N4CCOCC4)nc(-c4ccccc4F)c3CC[C@@H]2[C@@H](C)C1=O. The Morgan fingerprint density at radius 2 is 2.00 bits per heavy atom.